The van der Waals surface area contributed by atoms with Gasteiger partial charge in [0, 0.05) is 18.6 Å². The highest BCUT2D eigenvalue weighted by atomic mass is 15.1. The molecule has 0 radical (unpaired) electrons. The van der Waals surface area contributed by atoms with Gasteiger partial charge in [0.25, 0.3) is 0 Å². The van der Waals surface area contributed by atoms with E-state index in [1.54, 1.807) is 0 Å². The van der Waals surface area contributed by atoms with Gasteiger partial charge < -0.3 is 10.2 Å². The molecule has 1 saturated carbocycles. The summed E-state index contributed by atoms with van der Waals surface area (Å²) in [7, 11) is 2.22. The predicted octanol–water partition coefficient (Wildman–Crippen LogP) is 1.71. The number of nitrogens with one attached hydrogen (secondary N) is 1. The maximum atomic E-state index is 3.59. The van der Waals surface area contributed by atoms with Crippen molar-refractivity contribution in [2.75, 3.05) is 20.1 Å². The van der Waals surface area contributed by atoms with Crippen molar-refractivity contribution < 1.29 is 0 Å². The average Bonchev–Trinajstić information content (AvgIpc) is 2.85. The van der Waals surface area contributed by atoms with E-state index in [0.717, 1.165) is 18.5 Å². The van der Waals surface area contributed by atoms with Gasteiger partial charge in [-0.2, -0.15) is 0 Å². The molecule has 0 bridgehead atoms. The Balaban J connectivity index is 2.28. The van der Waals surface area contributed by atoms with Gasteiger partial charge in [0.15, 0.2) is 0 Å². The average molecular weight is 184 g/mol. The normalized spacial score (nSPS) is 19.8. The highest BCUT2D eigenvalue weighted by molar-refractivity contribution is 4.88. The molecule has 0 aromatic heterocycles. The van der Waals surface area contributed by atoms with Crippen molar-refractivity contribution >= 4 is 0 Å². The Morgan fingerprint density at radius 3 is 2.38 bits per heavy atom. The molecule has 1 N–H and O–H groups in total. The van der Waals surface area contributed by atoms with Crippen LogP contribution < -0.4 is 5.32 Å². The Morgan fingerprint density at radius 2 is 2.00 bits per heavy atom. The maximum Gasteiger partial charge on any atom is 0.0223 e. The third kappa shape index (κ3) is 3.65. The number of rotatable bonds is 6. The van der Waals surface area contributed by atoms with E-state index in [1.165, 1.54) is 19.4 Å². The molecule has 0 aromatic rings. The molecular formula is C11H24N2. The molecule has 0 heterocycles. The Hall–Kier alpha value is -0.0800. The summed E-state index contributed by atoms with van der Waals surface area (Å²) in [6, 6.07) is 1.40. The quantitative estimate of drug-likeness (QED) is 0.676. The first-order chi connectivity index (χ1) is 6.15. The second-order valence-corrected chi connectivity index (χ2v) is 4.53. The van der Waals surface area contributed by atoms with Gasteiger partial charge >= 0.3 is 0 Å². The fourth-order valence-electron chi connectivity index (χ4n) is 1.66. The number of hydrogen-bond donors (Lipinski definition) is 1. The highest BCUT2D eigenvalue weighted by Crippen LogP contribution is 2.32. The van der Waals surface area contributed by atoms with E-state index in [0.29, 0.717) is 6.04 Å². The van der Waals surface area contributed by atoms with E-state index in [1.807, 2.05) is 0 Å². The number of hydrogen-bond acceptors (Lipinski definition) is 2. The van der Waals surface area contributed by atoms with Gasteiger partial charge in [-0.3, -0.25) is 0 Å². The maximum absolute atomic E-state index is 3.59. The summed E-state index contributed by atoms with van der Waals surface area (Å²) in [6.07, 6.45) is 2.87. The summed E-state index contributed by atoms with van der Waals surface area (Å²) in [6.45, 7) is 9.03. The second-order valence-electron chi connectivity index (χ2n) is 4.53. The van der Waals surface area contributed by atoms with Gasteiger partial charge in [-0.15, -0.1) is 0 Å². The minimum atomic E-state index is 0.667. The number of likely N-dealkylation sites (N-methyl/N-ethyl adjacent to an activating group) is 2. The molecular weight excluding hydrogens is 160 g/mol. The van der Waals surface area contributed by atoms with Crippen molar-refractivity contribution in [2.24, 2.45) is 5.92 Å². The molecule has 0 aromatic carbocycles. The van der Waals surface area contributed by atoms with E-state index in [9.17, 15) is 0 Å². The molecule has 2 heteroatoms. The summed E-state index contributed by atoms with van der Waals surface area (Å²) in [5.74, 6) is 0.959. The zero-order valence-corrected chi connectivity index (χ0v) is 9.51. The molecule has 1 aliphatic carbocycles. The minimum absolute atomic E-state index is 0.667. The zero-order chi connectivity index (χ0) is 9.84. The first-order valence-electron chi connectivity index (χ1n) is 5.58. The third-order valence-electron chi connectivity index (χ3n) is 3.02. The van der Waals surface area contributed by atoms with Crippen molar-refractivity contribution in [2.45, 2.75) is 45.7 Å². The van der Waals surface area contributed by atoms with Gasteiger partial charge in [0.05, 0.1) is 0 Å². The topological polar surface area (TPSA) is 15.3 Å². The molecule has 0 amide bonds. The van der Waals surface area contributed by atoms with Crippen molar-refractivity contribution in [3.8, 4) is 0 Å². The van der Waals surface area contributed by atoms with Crippen molar-refractivity contribution in [3.05, 3.63) is 0 Å². The molecule has 2 nitrogen and oxygen atoms in total. The summed E-state index contributed by atoms with van der Waals surface area (Å²) in [4.78, 5) is 2.44. The lowest BCUT2D eigenvalue weighted by Gasteiger charge is -2.27. The van der Waals surface area contributed by atoms with Crippen LogP contribution >= 0.6 is 0 Å². The highest BCUT2D eigenvalue weighted by Gasteiger charge is 2.31. The Morgan fingerprint density at radius 1 is 1.38 bits per heavy atom. The zero-order valence-electron chi connectivity index (χ0n) is 9.51. The monoisotopic (exact) mass is 184 g/mol. The molecule has 1 aliphatic rings. The van der Waals surface area contributed by atoms with Crippen LogP contribution in [0.15, 0.2) is 0 Å². The van der Waals surface area contributed by atoms with Crippen LogP contribution in [0.1, 0.15) is 33.6 Å². The van der Waals surface area contributed by atoms with Gasteiger partial charge in [-0.1, -0.05) is 6.92 Å². The predicted molar refractivity (Wildman–Crippen MR) is 58.0 cm³/mol. The Kier molecular flexibility index (Phi) is 4.20. The molecule has 1 rings (SSSR count). The van der Waals surface area contributed by atoms with Crippen LogP contribution in [0.2, 0.25) is 0 Å². The summed E-state index contributed by atoms with van der Waals surface area (Å²) in [5.41, 5.74) is 0. The smallest absolute Gasteiger partial charge is 0.0223 e. The summed E-state index contributed by atoms with van der Waals surface area (Å²) >= 11 is 0. The Bertz CT molecular complexity index is 141. The largest absolute Gasteiger partial charge is 0.313 e. The van der Waals surface area contributed by atoms with Crippen LogP contribution in [-0.4, -0.2) is 37.1 Å². The lowest BCUT2D eigenvalue weighted by atomic mass is 10.1. The van der Waals surface area contributed by atoms with E-state index in [4.69, 9.17) is 0 Å². The molecule has 1 atom stereocenters. The third-order valence-corrected chi connectivity index (χ3v) is 3.02. The van der Waals surface area contributed by atoms with Crippen LogP contribution in [0.4, 0.5) is 0 Å². The summed E-state index contributed by atoms with van der Waals surface area (Å²) < 4.78 is 0. The number of nitrogens with zero attached hydrogens (tertiary/aromatic N) is 1. The van der Waals surface area contributed by atoms with Crippen molar-refractivity contribution in [1.82, 2.24) is 10.2 Å². The molecule has 0 spiro atoms. The van der Waals surface area contributed by atoms with Gasteiger partial charge in [-0.05, 0) is 46.2 Å². The summed E-state index contributed by atoms with van der Waals surface area (Å²) in [5, 5.41) is 3.59. The van der Waals surface area contributed by atoms with Gasteiger partial charge in [-0.25, -0.2) is 0 Å². The first kappa shape index (κ1) is 11.0. The standard InChI is InChI=1S/C11H24N2/c1-5-12-11(10-6-7-10)8-13(4)9(2)3/h9-12H,5-8H2,1-4H3. The van der Waals surface area contributed by atoms with Crippen LogP contribution in [0.5, 0.6) is 0 Å². The molecule has 1 unspecified atom stereocenters. The molecule has 1 fully saturated rings. The fourth-order valence-corrected chi connectivity index (χ4v) is 1.66. The Labute approximate surface area is 82.7 Å². The van der Waals surface area contributed by atoms with Crippen molar-refractivity contribution in [1.29, 1.82) is 0 Å². The van der Waals surface area contributed by atoms with Gasteiger partial charge in [0.1, 0.15) is 0 Å². The van der Waals surface area contributed by atoms with E-state index >= 15 is 0 Å². The van der Waals surface area contributed by atoms with Crippen molar-refractivity contribution in [3.63, 3.8) is 0 Å². The van der Waals surface area contributed by atoms with Crippen LogP contribution in [0.25, 0.3) is 0 Å². The lowest BCUT2D eigenvalue weighted by Crippen LogP contribution is -2.43. The molecule has 13 heavy (non-hydrogen) atoms. The lowest BCUT2D eigenvalue weighted by molar-refractivity contribution is 0.232. The van der Waals surface area contributed by atoms with E-state index in [-0.39, 0.29) is 0 Å². The van der Waals surface area contributed by atoms with Crippen LogP contribution in [0.3, 0.4) is 0 Å². The first-order valence-corrected chi connectivity index (χ1v) is 5.58. The minimum Gasteiger partial charge on any atom is -0.313 e. The fraction of sp³-hybridized carbons (Fsp3) is 1.00. The molecule has 0 aliphatic heterocycles. The second kappa shape index (κ2) is 4.97. The van der Waals surface area contributed by atoms with Crippen LogP contribution in [0, 0.1) is 5.92 Å². The van der Waals surface area contributed by atoms with Gasteiger partial charge in [0.2, 0.25) is 0 Å². The molecule has 78 valence electrons. The van der Waals surface area contributed by atoms with Crippen LogP contribution in [-0.2, 0) is 0 Å². The molecule has 0 saturated heterocycles. The van der Waals surface area contributed by atoms with E-state index in [2.05, 4.69) is 38.0 Å². The SMILES string of the molecule is CCNC(CN(C)C(C)C)C1CC1. The van der Waals surface area contributed by atoms with E-state index < -0.39 is 0 Å².